The maximum atomic E-state index is 13.1. The van der Waals surface area contributed by atoms with E-state index in [0.717, 1.165) is 11.1 Å². The molecule has 0 saturated carbocycles. The van der Waals surface area contributed by atoms with E-state index >= 15 is 0 Å². The van der Waals surface area contributed by atoms with Crippen molar-refractivity contribution in [2.24, 2.45) is 5.92 Å². The predicted molar refractivity (Wildman–Crippen MR) is 120 cm³/mol. The van der Waals surface area contributed by atoms with Gasteiger partial charge in [-0.05, 0) is 36.6 Å². The Hall–Kier alpha value is -3.13. The van der Waals surface area contributed by atoms with Crippen molar-refractivity contribution in [1.29, 1.82) is 0 Å². The van der Waals surface area contributed by atoms with Gasteiger partial charge in [0, 0.05) is 5.56 Å². The molecule has 3 rings (SSSR count). The number of carbonyl (C=O) groups is 2. The fourth-order valence-corrected chi connectivity index (χ4v) is 3.81. The highest BCUT2D eigenvalue weighted by Crippen LogP contribution is 2.27. The molecule has 6 nitrogen and oxygen atoms in total. The van der Waals surface area contributed by atoms with E-state index in [2.05, 4.69) is 20.8 Å². The molecule has 2 unspecified atom stereocenters. The number of anilines is 1. The minimum absolute atomic E-state index is 0.0663. The van der Waals surface area contributed by atoms with Crippen molar-refractivity contribution in [2.75, 3.05) is 5.32 Å². The number of hydrogen-bond donors (Lipinski definition) is 2. The van der Waals surface area contributed by atoms with Crippen LogP contribution in [-0.2, 0) is 16.0 Å². The fraction of sp³-hybridized carbons (Fsp3) is 0.304. The summed E-state index contributed by atoms with van der Waals surface area (Å²) in [5.41, 5.74) is 2.72. The third kappa shape index (κ3) is 6.18. The van der Waals surface area contributed by atoms with Gasteiger partial charge in [0.15, 0.2) is 0 Å². The van der Waals surface area contributed by atoms with E-state index < -0.39 is 6.04 Å². The third-order valence-corrected chi connectivity index (χ3v) is 5.90. The fourth-order valence-electron chi connectivity index (χ4n) is 3.07. The molecule has 0 aliphatic rings. The van der Waals surface area contributed by atoms with Crippen molar-refractivity contribution in [2.45, 2.75) is 39.7 Å². The molecule has 0 bridgehead atoms. The van der Waals surface area contributed by atoms with Crippen LogP contribution in [0.5, 0.6) is 0 Å². The van der Waals surface area contributed by atoms with E-state index in [1.807, 2.05) is 45.0 Å². The van der Waals surface area contributed by atoms with Crippen LogP contribution in [0.25, 0.3) is 10.6 Å². The Labute approximate surface area is 184 Å². The molecule has 1 heterocycles. The number of aromatic nitrogens is 2. The van der Waals surface area contributed by atoms with Crippen LogP contribution >= 0.6 is 11.3 Å². The first kappa shape index (κ1) is 22.6. The van der Waals surface area contributed by atoms with Gasteiger partial charge < -0.3 is 5.32 Å². The number of nitrogens with one attached hydrogen (secondary N) is 2. The van der Waals surface area contributed by atoms with E-state index in [1.165, 1.54) is 23.5 Å². The smallest absolute Gasteiger partial charge is 0.249 e. The topological polar surface area (TPSA) is 84.0 Å². The summed E-state index contributed by atoms with van der Waals surface area (Å²) < 4.78 is 13.1. The molecule has 0 saturated heterocycles. The van der Waals surface area contributed by atoms with E-state index in [4.69, 9.17) is 0 Å². The number of rotatable bonds is 8. The number of halogens is 1. The molecule has 0 aliphatic heterocycles. The van der Waals surface area contributed by atoms with Crippen molar-refractivity contribution in [3.8, 4) is 10.6 Å². The van der Waals surface area contributed by atoms with Crippen molar-refractivity contribution >= 4 is 28.3 Å². The molecule has 162 valence electrons. The van der Waals surface area contributed by atoms with E-state index in [9.17, 15) is 14.0 Å². The first-order valence-electron chi connectivity index (χ1n) is 10.1. The quantitative estimate of drug-likeness (QED) is 0.545. The van der Waals surface area contributed by atoms with Gasteiger partial charge in [0.1, 0.15) is 16.9 Å². The number of nitrogens with zero attached hydrogens (tertiary/aromatic N) is 2. The Morgan fingerprint density at radius 1 is 1.13 bits per heavy atom. The van der Waals surface area contributed by atoms with Gasteiger partial charge in [-0.25, -0.2) is 4.39 Å². The van der Waals surface area contributed by atoms with Crippen LogP contribution in [0, 0.1) is 18.7 Å². The summed E-state index contributed by atoms with van der Waals surface area (Å²) in [5, 5.41) is 14.9. The maximum absolute atomic E-state index is 13.1. The third-order valence-electron chi connectivity index (χ3n) is 5.01. The van der Waals surface area contributed by atoms with Gasteiger partial charge in [-0.15, -0.1) is 10.2 Å². The average Bonchev–Trinajstić information content (AvgIpc) is 3.21. The summed E-state index contributed by atoms with van der Waals surface area (Å²) in [6, 6.07) is 12.9. The first-order valence-corrected chi connectivity index (χ1v) is 10.9. The molecular formula is C23H25FN4O2S. The number of benzene rings is 2. The summed E-state index contributed by atoms with van der Waals surface area (Å²) in [6.45, 7) is 5.86. The molecule has 1 aromatic heterocycles. The largest absolute Gasteiger partial charge is 0.344 e. The second-order valence-electron chi connectivity index (χ2n) is 7.51. The van der Waals surface area contributed by atoms with E-state index in [-0.39, 0.29) is 30.0 Å². The monoisotopic (exact) mass is 440 g/mol. The Morgan fingerprint density at radius 3 is 2.55 bits per heavy atom. The second kappa shape index (κ2) is 10.3. The minimum atomic E-state index is -0.718. The standard InChI is InChI=1S/C23H25FN4O2S/c1-4-15(3)20(25-19(29)13-16-8-10-18(24)11-9-16)21(30)26-23-28-27-22(31-23)17-7-5-6-14(2)12-17/h5-12,15,20H,4,13H2,1-3H3,(H,25,29)(H,26,28,30). The highest BCUT2D eigenvalue weighted by molar-refractivity contribution is 7.18. The van der Waals surface area contributed by atoms with Gasteiger partial charge in [0.2, 0.25) is 16.9 Å². The normalized spacial score (nSPS) is 12.8. The van der Waals surface area contributed by atoms with E-state index in [0.29, 0.717) is 22.1 Å². The van der Waals surface area contributed by atoms with Gasteiger partial charge in [-0.3, -0.25) is 14.9 Å². The van der Waals surface area contributed by atoms with Crippen molar-refractivity contribution in [3.63, 3.8) is 0 Å². The van der Waals surface area contributed by atoms with Crippen LogP contribution in [0.3, 0.4) is 0 Å². The zero-order chi connectivity index (χ0) is 22.4. The SMILES string of the molecule is CCC(C)C(NC(=O)Cc1ccc(F)cc1)C(=O)Nc1nnc(-c2cccc(C)c2)s1. The Kier molecular flexibility index (Phi) is 7.46. The van der Waals surface area contributed by atoms with Gasteiger partial charge >= 0.3 is 0 Å². The lowest BCUT2D eigenvalue weighted by atomic mass is 9.98. The lowest BCUT2D eigenvalue weighted by Gasteiger charge is -2.23. The summed E-state index contributed by atoms with van der Waals surface area (Å²) in [4.78, 5) is 25.4. The summed E-state index contributed by atoms with van der Waals surface area (Å²) in [7, 11) is 0. The van der Waals surface area contributed by atoms with Crippen LogP contribution in [0.1, 0.15) is 31.4 Å². The van der Waals surface area contributed by atoms with Gasteiger partial charge in [0.05, 0.1) is 6.42 Å². The van der Waals surface area contributed by atoms with Gasteiger partial charge in [-0.1, -0.05) is 67.5 Å². The van der Waals surface area contributed by atoms with Crippen LogP contribution in [-0.4, -0.2) is 28.1 Å². The van der Waals surface area contributed by atoms with Crippen LogP contribution in [0.4, 0.5) is 9.52 Å². The minimum Gasteiger partial charge on any atom is -0.344 e. The molecule has 2 aromatic carbocycles. The predicted octanol–water partition coefficient (Wildman–Crippen LogP) is 4.36. The molecule has 2 N–H and O–H groups in total. The molecule has 0 spiro atoms. The molecule has 3 aromatic rings. The van der Waals surface area contributed by atoms with Crippen LogP contribution < -0.4 is 10.6 Å². The molecule has 31 heavy (non-hydrogen) atoms. The van der Waals surface area contributed by atoms with Crippen LogP contribution in [0.2, 0.25) is 0 Å². The highest BCUT2D eigenvalue weighted by Gasteiger charge is 2.27. The Morgan fingerprint density at radius 2 is 1.87 bits per heavy atom. The number of aryl methyl sites for hydroxylation is 1. The summed E-state index contributed by atoms with van der Waals surface area (Å²) >= 11 is 1.28. The molecule has 8 heteroatoms. The average molecular weight is 441 g/mol. The lowest BCUT2D eigenvalue weighted by Crippen LogP contribution is -2.48. The van der Waals surface area contributed by atoms with Crippen molar-refractivity contribution < 1.29 is 14.0 Å². The zero-order valence-corrected chi connectivity index (χ0v) is 18.5. The number of hydrogen-bond acceptors (Lipinski definition) is 5. The molecule has 2 atom stereocenters. The molecule has 0 radical (unpaired) electrons. The zero-order valence-electron chi connectivity index (χ0n) is 17.7. The lowest BCUT2D eigenvalue weighted by molar-refractivity contribution is -0.127. The summed E-state index contributed by atoms with van der Waals surface area (Å²) in [6.07, 6.45) is 0.774. The van der Waals surface area contributed by atoms with Crippen molar-refractivity contribution in [1.82, 2.24) is 15.5 Å². The van der Waals surface area contributed by atoms with Crippen LogP contribution in [0.15, 0.2) is 48.5 Å². The molecule has 0 fully saturated rings. The molecular weight excluding hydrogens is 415 g/mol. The molecule has 2 amide bonds. The first-order chi connectivity index (χ1) is 14.9. The highest BCUT2D eigenvalue weighted by atomic mass is 32.1. The number of amides is 2. The number of carbonyl (C=O) groups excluding carboxylic acids is 2. The van der Waals surface area contributed by atoms with Gasteiger partial charge in [0.25, 0.3) is 0 Å². The maximum Gasteiger partial charge on any atom is 0.249 e. The van der Waals surface area contributed by atoms with Gasteiger partial charge in [-0.2, -0.15) is 0 Å². The summed E-state index contributed by atoms with van der Waals surface area (Å²) in [5.74, 6) is -1.08. The Bertz CT molecular complexity index is 1050. The van der Waals surface area contributed by atoms with Crippen molar-refractivity contribution in [3.05, 3.63) is 65.5 Å². The Balaban J connectivity index is 1.67. The second-order valence-corrected chi connectivity index (χ2v) is 8.48. The van der Waals surface area contributed by atoms with E-state index in [1.54, 1.807) is 12.1 Å². The molecule has 0 aliphatic carbocycles.